The highest BCUT2D eigenvalue weighted by molar-refractivity contribution is 5.13. The molecule has 0 bridgehead atoms. The highest BCUT2D eigenvalue weighted by Crippen LogP contribution is 2.01. The third kappa shape index (κ3) is 5.69. The van der Waals surface area contributed by atoms with Crippen LogP contribution in [-0.2, 0) is 11.3 Å². The molecule has 0 aliphatic rings. The Balaban J connectivity index is 2.05. The van der Waals surface area contributed by atoms with Gasteiger partial charge in [-0.25, -0.2) is 0 Å². The maximum Gasteiger partial charge on any atom is 0.0716 e. The maximum absolute atomic E-state index is 5.60. The topological polar surface area (TPSA) is 21.3 Å². The summed E-state index contributed by atoms with van der Waals surface area (Å²) in [5, 5.41) is 3.33. The molecule has 0 aliphatic heterocycles. The molecular weight excluding hydrogens is 198 g/mol. The van der Waals surface area contributed by atoms with Gasteiger partial charge in [0.05, 0.1) is 6.61 Å². The minimum Gasteiger partial charge on any atom is -0.377 e. The van der Waals surface area contributed by atoms with Crippen LogP contribution in [-0.4, -0.2) is 19.2 Å². The lowest BCUT2D eigenvalue weighted by atomic mass is 10.2. The largest absolute Gasteiger partial charge is 0.377 e. The van der Waals surface area contributed by atoms with Crippen molar-refractivity contribution in [3.05, 3.63) is 48.6 Å². The normalized spacial score (nSPS) is 12.3. The third-order valence-electron chi connectivity index (χ3n) is 2.42. The minimum atomic E-state index is 0.480. The SMILES string of the molecule is C=CCNC(C)CCOCc1ccccc1. The highest BCUT2D eigenvalue weighted by atomic mass is 16.5. The van der Waals surface area contributed by atoms with Crippen LogP contribution in [0.25, 0.3) is 0 Å². The van der Waals surface area contributed by atoms with E-state index in [-0.39, 0.29) is 0 Å². The molecule has 1 N–H and O–H groups in total. The van der Waals surface area contributed by atoms with Gasteiger partial charge in [0.2, 0.25) is 0 Å². The number of benzene rings is 1. The predicted octanol–water partition coefficient (Wildman–Crippen LogP) is 2.76. The van der Waals surface area contributed by atoms with Gasteiger partial charge in [-0.2, -0.15) is 0 Å². The smallest absolute Gasteiger partial charge is 0.0716 e. The lowest BCUT2D eigenvalue weighted by Crippen LogP contribution is -2.27. The fourth-order valence-electron chi connectivity index (χ4n) is 1.41. The van der Waals surface area contributed by atoms with Crippen molar-refractivity contribution in [1.29, 1.82) is 0 Å². The summed E-state index contributed by atoms with van der Waals surface area (Å²) in [7, 11) is 0. The fourth-order valence-corrected chi connectivity index (χ4v) is 1.41. The van der Waals surface area contributed by atoms with Crippen molar-refractivity contribution in [1.82, 2.24) is 5.32 Å². The molecule has 0 saturated carbocycles. The summed E-state index contributed by atoms with van der Waals surface area (Å²) in [5.74, 6) is 0. The van der Waals surface area contributed by atoms with E-state index in [0.29, 0.717) is 12.6 Å². The third-order valence-corrected chi connectivity index (χ3v) is 2.42. The van der Waals surface area contributed by atoms with Crippen LogP contribution in [0.2, 0.25) is 0 Å². The van der Waals surface area contributed by atoms with E-state index in [4.69, 9.17) is 4.74 Å². The molecule has 2 nitrogen and oxygen atoms in total. The molecule has 1 rings (SSSR count). The Morgan fingerprint density at radius 3 is 2.81 bits per heavy atom. The molecule has 1 unspecified atom stereocenters. The molecular formula is C14H21NO. The van der Waals surface area contributed by atoms with Crippen molar-refractivity contribution in [2.75, 3.05) is 13.2 Å². The van der Waals surface area contributed by atoms with Crippen molar-refractivity contribution < 1.29 is 4.74 Å². The summed E-state index contributed by atoms with van der Waals surface area (Å²) >= 11 is 0. The first-order chi connectivity index (χ1) is 7.83. The van der Waals surface area contributed by atoms with Crippen LogP contribution in [0.5, 0.6) is 0 Å². The standard InChI is InChI=1S/C14H21NO/c1-3-10-15-13(2)9-11-16-12-14-7-5-4-6-8-14/h3-8,13,15H,1,9-12H2,2H3. The maximum atomic E-state index is 5.60. The van der Waals surface area contributed by atoms with Crippen molar-refractivity contribution in [3.8, 4) is 0 Å². The van der Waals surface area contributed by atoms with E-state index >= 15 is 0 Å². The molecule has 0 heterocycles. The summed E-state index contributed by atoms with van der Waals surface area (Å²) in [4.78, 5) is 0. The first-order valence-corrected chi connectivity index (χ1v) is 5.79. The van der Waals surface area contributed by atoms with Gasteiger partial charge in [-0.05, 0) is 18.9 Å². The summed E-state index contributed by atoms with van der Waals surface area (Å²) in [6.45, 7) is 8.19. The lowest BCUT2D eigenvalue weighted by Gasteiger charge is -2.12. The molecule has 0 amide bonds. The number of ether oxygens (including phenoxy) is 1. The van der Waals surface area contributed by atoms with E-state index in [1.165, 1.54) is 5.56 Å². The molecule has 0 aliphatic carbocycles. The molecule has 0 spiro atoms. The quantitative estimate of drug-likeness (QED) is 0.536. The van der Waals surface area contributed by atoms with Gasteiger partial charge in [-0.1, -0.05) is 36.4 Å². The van der Waals surface area contributed by atoms with Crippen LogP contribution in [0.3, 0.4) is 0 Å². The van der Waals surface area contributed by atoms with Gasteiger partial charge in [0.25, 0.3) is 0 Å². The molecule has 1 aromatic rings. The fraction of sp³-hybridized carbons (Fsp3) is 0.429. The second kappa shape index (κ2) is 8.08. The highest BCUT2D eigenvalue weighted by Gasteiger charge is 1.99. The van der Waals surface area contributed by atoms with Gasteiger partial charge in [-0.3, -0.25) is 0 Å². The number of rotatable bonds is 8. The predicted molar refractivity (Wildman–Crippen MR) is 68.4 cm³/mol. The van der Waals surface area contributed by atoms with Crippen LogP contribution in [0.4, 0.5) is 0 Å². The van der Waals surface area contributed by atoms with Crippen LogP contribution in [0.15, 0.2) is 43.0 Å². The van der Waals surface area contributed by atoms with Gasteiger partial charge >= 0.3 is 0 Å². The second-order valence-corrected chi connectivity index (χ2v) is 3.92. The van der Waals surface area contributed by atoms with Crippen molar-refractivity contribution in [3.63, 3.8) is 0 Å². The Morgan fingerprint density at radius 2 is 2.12 bits per heavy atom. The van der Waals surface area contributed by atoms with E-state index in [0.717, 1.165) is 19.6 Å². The number of nitrogens with one attached hydrogen (secondary N) is 1. The molecule has 16 heavy (non-hydrogen) atoms. The second-order valence-electron chi connectivity index (χ2n) is 3.92. The number of hydrogen-bond acceptors (Lipinski definition) is 2. The Morgan fingerprint density at radius 1 is 1.38 bits per heavy atom. The first kappa shape index (κ1) is 12.9. The molecule has 1 aromatic carbocycles. The van der Waals surface area contributed by atoms with Crippen molar-refractivity contribution in [2.45, 2.75) is 26.0 Å². The van der Waals surface area contributed by atoms with Gasteiger partial charge < -0.3 is 10.1 Å². The number of hydrogen-bond donors (Lipinski definition) is 1. The zero-order valence-corrected chi connectivity index (χ0v) is 9.99. The van der Waals surface area contributed by atoms with E-state index in [1.54, 1.807) is 0 Å². The van der Waals surface area contributed by atoms with E-state index in [1.807, 2.05) is 24.3 Å². The zero-order valence-electron chi connectivity index (χ0n) is 9.99. The Kier molecular flexibility index (Phi) is 6.54. The molecule has 0 aromatic heterocycles. The molecule has 88 valence electrons. The molecule has 0 radical (unpaired) electrons. The Labute approximate surface area is 98.3 Å². The first-order valence-electron chi connectivity index (χ1n) is 5.79. The van der Waals surface area contributed by atoms with E-state index in [9.17, 15) is 0 Å². The minimum absolute atomic E-state index is 0.480. The molecule has 0 fully saturated rings. The summed E-state index contributed by atoms with van der Waals surface area (Å²) < 4.78 is 5.60. The Bertz CT molecular complexity index is 284. The van der Waals surface area contributed by atoms with Crippen LogP contribution in [0.1, 0.15) is 18.9 Å². The summed E-state index contributed by atoms with van der Waals surface area (Å²) in [6.07, 6.45) is 2.90. The lowest BCUT2D eigenvalue weighted by molar-refractivity contribution is 0.113. The van der Waals surface area contributed by atoms with Gasteiger partial charge in [0.1, 0.15) is 0 Å². The average Bonchev–Trinajstić information content (AvgIpc) is 2.33. The van der Waals surface area contributed by atoms with Crippen molar-refractivity contribution >= 4 is 0 Å². The van der Waals surface area contributed by atoms with Crippen LogP contribution in [0, 0.1) is 0 Å². The summed E-state index contributed by atoms with van der Waals surface area (Å²) in [5.41, 5.74) is 1.23. The van der Waals surface area contributed by atoms with Crippen LogP contribution < -0.4 is 5.32 Å². The zero-order chi connectivity index (χ0) is 11.6. The molecule has 0 saturated heterocycles. The van der Waals surface area contributed by atoms with Crippen LogP contribution >= 0.6 is 0 Å². The Hall–Kier alpha value is -1.12. The van der Waals surface area contributed by atoms with Crippen molar-refractivity contribution in [2.24, 2.45) is 0 Å². The summed E-state index contributed by atoms with van der Waals surface area (Å²) in [6, 6.07) is 10.7. The molecule has 2 heteroatoms. The monoisotopic (exact) mass is 219 g/mol. The van der Waals surface area contributed by atoms with Gasteiger partial charge in [0.15, 0.2) is 0 Å². The van der Waals surface area contributed by atoms with E-state index in [2.05, 4.69) is 31.0 Å². The van der Waals surface area contributed by atoms with Gasteiger partial charge in [-0.15, -0.1) is 6.58 Å². The average molecular weight is 219 g/mol. The van der Waals surface area contributed by atoms with Gasteiger partial charge in [0, 0.05) is 19.2 Å². The molecule has 1 atom stereocenters. The van der Waals surface area contributed by atoms with E-state index < -0.39 is 0 Å².